The van der Waals surface area contributed by atoms with Crippen molar-refractivity contribution < 1.29 is 4.74 Å². The number of rotatable bonds is 7. The van der Waals surface area contributed by atoms with Gasteiger partial charge in [0.2, 0.25) is 0 Å². The lowest BCUT2D eigenvalue weighted by molar-refractivity contribution is 0.199. The number of nitrogens with one attached hydrogen (secondary N) is 1. The highest BCUT2D eigenvalue weighted by molar-refractivity contribution is 7.99. The Bertz CT molecular complexity index is 513. The van der Waals surface area contributed by atoms with Gasteiger partial charge in [-0.05, 0) is 11.6 Å². The van der Waals surface area contributed by atoms with Crippen molar-refractivity contribution in [2.45, 2.75) is 16.6 Å². The van der Waals surface area contributed by atoms with Crippen molar-refractivity contribution >= 4 is 11.8 Å². The molecule has 4 nitrogen and oxygen atoms in total. The Labute approximate surface area is 118 Å². The van der Waals surface area contributed by atoms with Gasteiger partial charge < -0.3 is 14.6 Å². The molecule has 0 fully saturated rings. The molecule has 0 saturated carbocycles. The summed E-state index contributed by atoms with van der Waals surface area (Å²) >= 11 is 1.69. The van der Waals surface area contributed by atoms with E-state index in [4.69, 9.17) is 4.74 Å². The van der Waals surface area contributed by atoms with Gasteiger partial charge in [0, 0.05) is 44.5 Å². The van der Waals surface area contributed by atoms with Gasteiger partial charge in [0.1, 0.15) is 0 Å². The zero-order chi connectivity index (χ0) is 13.5. The summed E-state index contributed by atoms with van der Waals surface area (Å²) < 4.78 is 7.06. The van der Waals surface area contributed by atoms with Crippen LogP contribution in [-0.4, -0.2) is 29.8 Å². The lowest BCUT2D eigenvalue weighted by Crippen LogP contribution is -2.18. The van der Waals surface area contributed by atoms with Gasteiger partial charge in [-0.2, -0.15) is 0 Å². The summed E-state index contributed by atoms with van der Waals surface area (Å²) in [5, 5.41) is 4.38. The molecule has 19 heavy (non-hydrogen) atoms. The van der Waals surface area contributed by atoms with E-state index in [1.165, 1.54) is 10.5 Å². The van der Waals surface area contributed by atoms with Crippen LogP contribution in [0.3, 0.4) is 0 Å². The number of hydrogen-bond donors (Lipinski definition) is 1. The number of aromatic nitrogens is 2. The van der Waals surface area contributed by atoms with Gasteiger partial charge in [-0.1, -0.05) is 30.0 Å². The van der Waals surface area contributed by atoms with Crippen molar-refractivity contribution in [2.75, 3.05) is 20.3 Å². The van der Waals surface area contributed by atoms with E-state index >= 15 is 0 Å². The van der Waals surface area contributed by atoms with E-state index < -0.39 is 0 Å². The van der Waals surface area contributed by atoms with Crippen LogP contribution in [-0.2, 0) is 18.3 Å². The molecule has 0 aliphatic heterocycles. The zero-order valence-corrected chi connectivity index (χ0v) is 12.1. The summed E-state index contributed by atoms with van der Waals surface area (Å²) in [6.45, 7) is 2.43. The Morgan fingerprint density at radius 2 is 2.21 bits per heavy atom. The number of hydrogen-bond acceptors (Lipinski definition) is 4. The third-order valence-electron chi connectivity index (χ3n) is 2.75. The van der Waals surface area contributed by atoms with E-state index in [0.717, 1.165) is 24.9 Å². The summed E-state index contributed by atoms with van der Waals surface area (Å²) in [7, 11) is 3.72. The Kier molecular flexibility index (Phi) is 5.44. The number of nitrogens with zero attached hydrogens (tertiary/aromatic N) is 2. The first-order valence-corrected chi connectivity index (χ1v) is 7.05. The molecule has 1 N–H and O–H groups in total. The van der Waals surface area contributed by atoms with Crippen molar-refractivity contribution in [2.24, 2.45) is 7.05 Å². The minimum atomic E-state index is 0.731. The van der Waals surface area contributed by atoms with Gasteiger partial charge >= 0.3 is 0 Å². The molecule has 0 saturated heterocycles. The van der Waals surface area contributed by atoms with E-state index in [1.54, 1.807) is 18.9 Å². The second-order valence-electron chi connectivity index (χ2n) is 4.20. The van der Waals surface area contributed by atoms with Crippen LogP contribution in [0.5, 0.6) is 0 Å². The van der Waals surface area contributed by atoms with Crippen LogP contribution in [0.4, 0.5) is 0 Å². The van der Waals surface area contributed by atoms with Gasteiger partial charge in [-0.3, -0.25) is 0 Å². The number of benzene rings is 1. The fourth-order valence-corrected chi connectivity index (χ4v) is 2.63. The fraction of sp³-hybridized carbons (Fsp3) is 0.357. The molecule has 102 valence electrons. The summed E-state index contributed by atoms with van der Waals surface area (Å²) in [6.07, 6.45) is 3.78. The molecule has 0 aliphatic rings. The molecule has 0 spiro atoms. The average molecular weight is 277 g/mol. The summed E-state index contributed by atoms with van der Waals surface area (Å²) in [4.78, 5) is 5.59. The molecule has 1 heterocycles. The molecule has 1 aromatic heterocycles. The van der Waals surface area contributed by atoms with E-state index in [2.05, 4.69) is 34.6 Å². The number of ether oxygens (including phenoxy) is 1. The second kappa shape index (κ2) is 7.33. The molecule has 5 heteroatoms. The van der Waals surface area contributed by atoms with Crippen LogP contribution in [0.2, 0.25) is 0 Å². The maximum Gasteiger partial charge on any atom is 0.172 e. The molecule has 0 bridgehead atoms. The van der Waals surface area contributed by atoms with Crippen molar-refractivity contribution in [3.05, 3.63) is 42.2 Å². The summed E-state index contributed by atoms with van der Waals surface area (Å²) in [5.74, 6) is 0. The summed E-state index contributed by atoms with van der Waals surface area (Å²) in [5.41, 5.74) is 1.28. The number of imidazole rings is 1. The van der Waals surface area contributed by atoms with Crippen molar-refractivity contribution in [1.29, 1.82) is 0 Å². The molecule has 2 rings (SSSR count). The molecule has 0 radical (unpaired) electrons. The Morgan fingerprint density at radius 1 is 1.37 bits per heavy atom. The smallest absolute Gasteiger partial charge is 0.172 e. The number of aryl methyl sites for hydroxylation is 1. The first-order chi connectivity index (χ1) is 9.31. The van der Waals surface area contributed by atoms with Gasteiger partial charge in [-0.15, -0.1) is 0 Å². The predicted octanol–water partition coefficient (Wildman–Crippen LogP) is 2.31. The van der Waals surface area contributed by atoms with E-state index in [9.17, 15) is 0 Å². The minimum absolute atomic E-state index is 0.731. The number of methoxy groups -OCH3 is 1. The molecular weight excluding hydrogens is 258 g/mol. The maximum absolute atomic E-state index is 5.03. The van der Waals surface area contributed by atoms with Crippen LogP contribution in [0, 0.1) is 0 Å². The Balaban J connectivity index is 2.02. The average Bonchev–Trinajstić information content (AvgIpc) is 2.82. The third kappa shape index (κ3) is 4.09. The van der Waals surface area contributed by atoms with E-state index in [-0.39, 0.29) is 0 Å². The standard InChI is InChI=1S/C14H19N3OS/c1-17-9-7-16-14(17)19-13-6-4-3-5-12(13)11-15-8-10-18-2/h3-7,9,15H,8,10-11H2,1-2H3. The minimum Gasteiger partial charge on any atom is -0.383 e. The van der Waals surface area contributed by atoms with E-state index in [0.29, 0.717) is 0 Å². The molecule has 1 aromatic carbocycles. The maximum atomic E-state index is 5.03. The predicted molar refractivity (Wildman–Crippen MR) is 77.4 cm³/mol. The molecule has 0 unspecified atom stereocenters. The van der Waals surface area contributed by atoms with Gasteiger partial charge in [0.25, 0.3) is 0 Å². The summed E-state index contributed by atoms with van der Waals surface area (Å²) in [6, 6.07) is 8.40. The van der Waals surface area contributed by atoms with Crippen molar-refractivity contribution in [3.8, 4) is 0 Å². The lowest BCUT2D eigenvalue weighted by atomic mass is 10.2. The topological polar surface area (TPSA) is 39.1 Å². The zero-order valence-electron chi connectivity index (χ0n) is 11.3. The molecule has 0 aliphatic carbocycles. The molecular formula is C14H19N3OS. The highest BCUT2D eigenvalue weighted by Crippen LogP contribution is 2.28. The lowest BCUT2D eigenvalue weighted by Gasteiger charge is -2.10. The van der Waals surface area contributed by atoms with Crippen molar-refractivity contribution in [1.82, 2.24) is 14.9 Å². The first kappa shape index (κ1) is 14.1. The van der Waals surface area contributed by atoms with Crippen molar-refractivity contribution in [3.63, 3.8) is 0 Å². The van der Waals surface area contributed by atoms with Crippen LogP contribution in [0.15, 0.2) is 46.7 Å². The van der Waals surface area contributed by atoms with Crippen LogP contribution >= 0.6 is 11.8 Å². The molecule has 0 amide bonds. The largest absolute Gasteiger partial charge is 0.383 e. The van der Waals surface area contributed by atoms with Crippen LogP contribution in [0.25, 0.3) is 0 Å². The Morgan fingerprint density at radius 3 is 2.95 bits per heavy atom. The third-order valence-corrected chi connectivity index (χ3v) is 3.94. The Hall–Kier alpha value is -1.30. The second-order valence-corrected chi connectivity index (χ2v) is 5.21. The van der Waals surface area contributed by atoms with Crippen LogP contribution in [0.1, 0.15) is 5.56 Å². The normalized spacial score (nSPS) is 10.8. The first-order valence-electron chi connectivity index (χ1n) is 6.24. The van der Waals surface area contributed by atoms with Gasteiger partial charge in [0.05, 0.1) is 6.61 Å². The quantitative estimate of drug-likeness (QED) is 0.788. The van der Waals surface area contributed by atoms with E-state index in [1.807, 2.05) is 24.0 Å². The molecule has 2 aromatic rings. The molecule has 0 atom stereocenters. The van der Waals surface area contributed by atoms with Crippen LogP contribution < -0.4 is 5.32 Å². The van der Waals surface area contributed by atoms with Gasteiger partial charge in [-0.25, -0.2) is 4.98 Å². The highest BCUT2D eigenvalue weighted by Gasteiger charge is 2.06. The monoisotopic (exact) mass is 277 g/mol. The SMILES string of the molecule is COCCNCc1ccccc1Sc1nccn1C. The van der Waals surface area contributed by atoms with Gasteiger partial charge in [0.15, 0.2) is 5.16 Å². The fourth-order valence-electron chi connectivity index (χ4n) is 1.70. The highest BCUT2D eigenvalue weighted by atomic mass is 32.2.